The van der Waals surface area contributed by atoms with E-state index in [1.54, 1.807) is 7.11 Å². The number of ether oxygens (including phenoxy) is 1. The van der Waals surface area contributed by atoms with Gasteiger partial charge >= 0.3 is 0 Å². The maximum absolute atomic E-state index is 5.15. The molecule has 108 valence electrons. The third kappa shape index (κ3) is 5.21. The molecule has 1 aromatic rings. The van der Waals surface area contributed by atoms with Crippen molar-refractivity contribution in [2.24, 2.45) is 0 Å². The maximum atomic E-state index is 5.15. The molecule has 0 bridgehead atoms. The smallest absolute Gasteiger partial charge is 0.0637 e. The van der Waals surface area contributed by atoms with Gasteiger partial charge in [-0.3, -0.25) is 0 Å². The number of likely N-dealkylation sites (N-methyl/N-ethyl adjacent to an activating group) is 1. The molecule has 19 heavy (non-hydrogen) atoms. The lowest BCUT2D eigenvalue weighted by atomic mass is 10.1. The first-order chi connectivity index (χ1) is 9.22. The van der Waals surface area contributed by atoms with Crippen molar-refractivity contribution in [3.63, 3.8) is 0 Å². The quantitative estimate of drug-likeness (QED) is 0.741. The number of nitrogens with zero attached hydrogens (tertiary/aromatic N) is 1. The van der Waals surface area contributed by atoms with Crippen molar-refractivity contribution in [2.45, 2.75) is 33.2 Å². The SMILES string of the molecule is CCCNC(C)c1ccc(N(CC)CCOC)cc1. The van der Waals surface area contributed by atoms with Crippen molar-refractivity contribution >= 4 is 5.69 Å². The van der Waals surface area contributed by atoms with Crippen molar-refractivity contribution in [2.75, 3.05) is 38.3 Å². The number of benzene rings is 1. The molecule has 0 radical (unpaired) electrons. The van der Waals surface area contributed by atoms with Crippen LogP contribution in [0.2, 0.25) is 0 Å². The van der Waals surface area contributed by atoms with Gasteiger partial charge < -0.3 is 15.0 Å². The summed E-state index contributed by atoms with van der Waals surface area (Å²) >= 11 is 0. The average Bonchev–Trinajstić information content (AvgIpc) is 2.46. The molecule has 0 heterocycles. The van der Waals surface area contributed by atoms with E-state index in [1.165, 1.54) is 17.7 Å². The Labute approximate surface area is 118 Å². The Morgan fingerprint density at radius 3 is 2.42 bits per heavy atom. The number of rotatable bonds is 9. The monoisotopic (exact) mass is 264 g/mol. The summed E-state index contributed by atoms with van der Waals surface area (Å²) in [5.74, 6) is 0. The molecule has 0 aliphatic heterocycles. The predicted molar refractivity (Wildman–Crippen MR) is 82.9 cm³/mol. The van der Waals surface area contributed by atoms with Gasteiger partial charge in [-0.1, -0.05) is 19.1 Å². The van der Waals surface area contributed by atoms with Crippen LogP contribution in [0.15, 0.2) is 24.3 Å². The fourth-order valence-corrected chi connectivity index (χ4v) is 2.12. The van der Waals surface area contributed by atoms with Gasteiger partial charge in [-0.2, -0.15) is 0 Å². The molecule has 1 atom stereocenters. The summed E-state index contributed by atoms with van der Waals surface area (Å²) < 4.78 is 5.15. The van der Waals surface area contributed by atoms with Crippen molar-refractivity contribution in [3.05, 3.63) is 29.8 Å². The maximum Gasteiger partial charge on any atom is 0.0637 e. The molecule has 3 nitrogen and oxygen atoms in total. The van der Waals surface area contributed by atoms with Crippen LogP contribution in [0.4, 0.5) is 5.69 Å². The zero-order chi connectivity index (χ0) is 14.1. The lowest BCUT2D eigenvalue weighted by molar-refractivity contribution is 0.205. The number of methoxy groups -OCH3 is 1. The minimum Gasteiger partial charge on any atom is -0.383 e. The molecule has 0 aliphatic rings. The van der Waals surface area contributed by atoms with Crippen LogP contribution in [0.3, 0.4) is 0 Å². The third-order valence-electron chi connectivity index (χ3n) is 3.41. The molecule has 1 N–H and O–H groups in total. The second-order valence-electron chi connectivity index (χ2n) is 4.84. The van der Waals surface area contributed by atoms with Gasteiger partial charge in [-0.15, -0.1) is 0 Å². The molecule has 0 saturated carbocycles. The van der Waals surface area contributed by atoms with Crippen molar-refractivity contribution in [1.82, 2.24) is 5.32 Å². The third-order valence-corrected chi connectivity index (χ3v) is 3.41. The van der Waals surface area contributed by atoms with E-state index in [0.717, 1.165) is 26.2 Å². The van der Waals surface area contributed by atoms with Gasteiger partial charge in [0.05, 0.1) is 6.61 Å². The van der Waals surface area contributed by atoms with Crippen LogP contribution in [0.5, 0.6) is 0 Å². The van der Waals surface area contributed by atoms with E-state index in [-0.39, 0.29) is 0 Å². The summed E-state index contributed by atoms with van der Waals surface area (Å²) in [4.78, 5) is 2.33. The first-order valence-corrected chi connectivity index (χ1v) is 7.30. The lowest BCUT2D eigenvalue weighted by Crippen LogP contribution is -2.26. The van der Waals surface area contributed by atoms with Crippen molar-refractivity contribution in [1.29, 1.82) is 0 Å². The van der Waals surface area contributed by atoms with Gasteiger partial charge in [-0.25, -0.2) is 0 Å². The Hall–Kier alpha value is -1.06. The number of hydrogen-bond donors (Lipinski definition) is 1. The number of anilines is 1. The summed E-state index contributed by atoms with van der Waals surface area (Å²) in [5.41, 5.74) is 2.62. The lowest BCUT2D eigenvalue weighted by Gasteiger charge is -2.23. The van der Waals surface area contributed by atoms with Crippen LogP contribution in [0, 0.1) is 0 Å². The van der Waals surface area contributed by atoms with Gasteiger partial charge in [-0.05, 0) is 44.5 Å². The van der Waals surface area contributed by atoms with Crippen LogP contribution in [0.1, 0.15) is 38.8 Å². The molecule has 0 spiro atoms. The van der Waals surface area contributed by atoms with Gasteiger partial charge in [0.15, 0.2) is 0 Å². The second kappa shape index (κ2) is 8.94. The van der Waals surface area contributed by atoms with Gasteiger partial charge in [0.1, 0.15) is 0 Å². The molecule has 0 saturated heterocycles. The highest BCUT2D eigenvalue weighted by Gasteiger charge is 2.07. The molecule has 1 unspecified atom stereocenters. The minimum atomic E-state index is 0.419. The predicted octanol–water partition coefficient (Wildman–Crippen LogP) is 3.22. The number of nitrogens with one attached hydrogen (secondary N) is 1. The molecular formula is C16H28N2O. The van der Waals surface area contributed by atoms with E-state index in [1.807, 2.05) is 0 Å². The van der Waals surface area contributed by atoms with Crippen LogP contribution in [-0.4, -0.2) is 33.4 Å². The Morgan fingerprint density at radius 2 is 1.89 bits per heavy atom. The van der Waals surface area contributed by atoms with E-state index in [9.17, 15) is 0 Å². The van der Waals surface area contributed by atoms with Gasteiger partial charge in [0.25, 0.3) is 0 Å². The standard InChI is InChI=1S/C16H28N2O/c1-5-11-17-14(3)15-7-9-16(10-8-15)18(6-2)12-13-19-4/h7-10,14,17H,5-6,11-13H2,1-4H3. The van der Waals surface area contributed by atoms with Crippen LogP contribution < -0.4 is 10.2 Å². The zero-order valence-electron chi connectivity index (χ0n) is 12.8. The summed E-state index contributed by atoms with van der Waals surface area (Å²) in [6, 6.07) is 9.27. The molecule has 1 aromatic carbocycles. The molecule has 3 heteroatoms. The fourth-order valence-electron chi connectivity index (χ4n) is 2.12. The second-order valence-corrected chi connectivity index (χ2v) is 4.84. The highest BCUT2D eigenvalue weighted by atomic mass is 16.5. The highest BCUT2D eigenvalue weighted by molar-refractivity contribution is 5.47. The molecule has 0 aliphatic carbocycles. The molecule has 1 rings (SSSR count). The van der Waals surface area contributed by atoms with Gasteiger partial charge in [0.2, 0.25) is 0 Å². The summed E-state index contributed by atoms with van der Waals surface area (Å²) in [6.45, 7) is 10.4. The normalized spacial score (nSPS) is 12.4. The molecule has 0 amide bonds. The topological polar surface area (TPSA) is 24.5 Å². The van der Waals surface area contributed by atoms with E-state index in [2.05, 4.69) is 55.3 Å². The number of hydrogen-bond acceptors (Lipinski definition) is 3. The Morgan fingerprint density at radius 1 is 1.21 bits per heavy atom. The van der Waals surface area contributed by atoms with E-state index in [0.29, 0.717) is 6.04 Å². The van der Waals surface area contributed by atoms with Crippen LogP contribution in [-0.2, 0) is 4.74 Å². The summed E-state index contributed by atoms with van der Waals surface area (Å²) in [5, 5.41) is 3.51. The molecular weight excluding hydrogens is 236 g/mol. The Bertz CT molecular complexity index is 337. The highest BCUT2D eigenvalue weighted by Crippen LogP contribution is 2.19. The fraction of sp³-hybridized carbons (Fsp3) is 0.625. The summed E-state index contributed by atoms with van der Waals surface area (Å²) in [7, 11) is 1.75. The van der Waals surface area contributed by atoms with Crippen LogP contribution >= 0.6 is 0 Å². The minimum absolute atomic E-state index is 0.419. The van der Waals surface area contributed by atoms with Crippen molar-refractivity contribution < 1.29 is 4.74 Å². The van der Waals surface area contributed by atoms with E-state index < -0.39 is 0 Å². The zero-order valence-corrected chi connectivity index (χ0v) is 12.8. The van der Waals surface area contributed by atoms with E-state index in [4.69, 9.17) is 4.74 Å². The molecule has 0 aromatic heterocycles. The van der Waals surface area contributed by atoms with Gasteiger partial charge in [0, 0.05) is 31.9 Å². The first kappa shape index (κ1) is 16.0. The van der Waals surface area contributed by atoms with Crippen LogP contribution in [0.25, 0.3) is 0 Å². The largest absolute Gasteiger partial charge is 0.383 e. The summed E-state index contributed by atoms with van der Waals surface area (Å²) in [6.07, 6.45) is 1.17. The Kier molecular flexibility index (Phi) is 7.53. The average molecular weight is 264 g/mol. The molecule has 0 fully saturated rings. The Balaban J connectivity index is 2.63. The van der Waals surface area contributed by atoms with Crippen molar-refractivity contribution in [3.8, 4) is 0 Å². The first-order valence-electron chi connectivity index (χ1n) is 7.30. The van der Waals surface area contributed by atoms with E-state index >= 15 is 0 Å².